The van der Waals surface area contributed by atoms with Gasteiger partial charge in [0.15, 0.2) is 5.13 Å². The SMILES string of the molecule is Cc1csc(N(C(=O)c2ccc3c(c2)NC(=O)CS3)c2ccccc2)n1. The molecule has 1 aliphatic heterocycles. The van der Waals surface area contributed by atoms with Crippen LogP contribution in [0.5, 0.6) is 0 Å². The van der Waals surface area contributed by atoms with Gasteiger partial charge in [-0.25, -0.2) is 4.98 Å². The van der Waals surface area contributed by atoms with Gasteiger partial charge in [-0.05, 0) is 37.3 Å². The number of amides is 2. The highest BCUT2D eigenvalue weighted by Gasteiger charge is 2.24. The Morgan fingerprint density at radius 1 is 1.19 bits per heavy atom. The van der Waals surface area contributed by atoms with E-state index >= 15 is 0 Å². The van der Waals surface area contributed by atoms with Crippen LogP contribution in [0.25, 0.3) is 0 Å². The highest BCUT2D eigenvalue weighted by Crippen LogP contribution is 2.34. The molecular weight excluding hydrogens is 366 g/mol. The summed E-state index contributed by atoms with van der Waals surface area (Å²) in [6.07, 6.45) is 0. The van der Waals surface area contributed by atoms with Crippen molar-refractivity contribution in [2.45, 2.75) is 11.8 Å². The van der Waals surface area contributed by atoms with E-state index in [1.54, 1.807) is 17.0 Å². The third kappa shape index (κ3) is 3.23. The van der Waals surface area contributed by atoms with Crippen molar-refractivity contribution in [3.05, 3.63) is 65.2 Å². The third-order valence-corrected chi connectivity index (χ3v) is 5.89. The molecule has 0 unspecified atom stereocenters. The summed E-state index contributed by atoms with van der Waals surface area (Å²) < 4.78 is 0. The Morgan fingerprint density at radius 2 is 2.00 bits per heavy atom. The standard InChI is InChI=1S/C19H15N3O2S2/c1-12-10-26-19(20-12)22(14-5-3-2-4-6-14)18(24)13-7-8-16-15(9-13)21-17(23)11-25-16/h2-10H,11H2,1H3,(H,21,23). The zero-order chi connectivity index (χ0) is 18.1. The molecule has 0 spiro atoms. The minimum absolute atomic E-state index is 0.0532. The Hall–Kier alpha value is -2.64. The van der Waals surface area contributed by atoms with Gasteiger partial charge in [0.1, 0.15) is 0 Å². The van der Waals surface area contributed by atoms with Gasteiger partial charge >= 0.3 is 0 Å². The molecule has 1 aliphatic rings. The molecule has 0 saturated carbocycles. The van der Waals surface area contributed by atoms with Gasteiger partial charge in [0.25, 0.3) is 5.91 Å². The summed E-state index contributed by atoms with van der Waals surface area (Å²) >= 11 is 2.90. The molecule has 2 heterocycles. The van der Waals surface area contributed by atoms with E-state index in [0.717, 1.165) is 16.3 Å². The minimum atomic E-state index is -0.182. The summed E-state index contributed by atoms with van der Waals surface area (Å²) in [4.78, 5) is 32.0. The number of nitrogens with zero attached hydrogens (tertiary/aromatic N) is 2. The largest absolute Gasteiger partial charge is 0.324 e. The first-order valence-electron chi connectivity index (χ1n) is 8.00. The number of aryl methyl sites for hydroxylation is 1. The van der Waals surface area contributed by atoms with Crippen molar-refractivity contribution in [3.8, 4) is 0 Å². The fraction of sp³-hybridized carbons (Fsp3) is 0.105. The number of para-hydroxylation sites is 1. The summed E-state index contributed by atoms with van der Waals surface area (Å²) in [7, 11) is 0. The molecule has 3 aromatic rings. The summed E-state index contributed by atoms with van der Waals surface area (Å²) in [6, 6.07) is 14.9. The van der Waals surface area contributed by atoms with Crippen molar-refractivity contribution in [2.75, 3.05) is 16.0 Å². The van der Waals surface area contributed by atoms with Gasteiger partial charge in [0, 0.05) is 15.8 Å². The molecule has 0 fully saturated rings. The number of benzene rings is 2. The fourth-order valence-corrected chi connectivity index (χ4v) is 4.29. The number of thiazole rings is 1. The zero-order valence-electron chi connectivity index (χ0n) is 13.9. The lowest BCUT2D eigenvalue weighted by Crippen LogP contribution is -2.26. The van der Waals surface area contributed by atoms with Crippen LogP contribution in [0.1, 0.15) is 16.1 Å². The van der Waals surface area contributed by atoms with Crippen molar-refractivity contribution < 1.29 is 9.59 Å². The van der Waals surface area contributed by atoms with Crippen molar-refractivity contribution in [2.24, 2.45) is 0 Å². The molecule has 7 heteroatoms. The fourth-order valence-electron chi connectivity index (χ4n) is 2.68. The van der Waals surface area contributed by atoms with Crippen molar-refractivity contribution in [1.29, 1.82) is 0 Å². The summed E-state index contributed by atoms with van der Waals surface area (Å²) in [5.74, 6) is 0.162. The van der Waals surface area contributed by atoms with E-state index in [9.17, 15) is 9.59 Å². The Kier molecular flexibility index (Phi) is 4.48. The van der Waals surface area contributed by atoms with Crippen molar-refractivity contribution in [3.63, 3.8) is 0 Å². The molecule has 5 nitrogen and oxygen atoms in total. The van der Waals surface area contributed by atoms with Crippen LogP contribution in [0.4, 0.5) is 16.5 Å². The molecule has 4 rings (SSSR count). The van der Waals surface area contributed by atoms with Gasteiger partial charge in [-0.15, -0.1) is 23.1 Å². The first kappa shape index (κ1) is 16.8. The lowest BCUT2D eigenvalue weighted by atomic mass is 10.1. The Bertz CT molecular complexity index is 985. The lowest BCUT2D eigenvalue weighted by molar-refractivity contribution is -0.113. The second-order valence-electron chi connectivity index (χ2n) is 5.80. The van der Waals surface area contributed by atoms with Crippen LogP contribution in [0.2, 0.25) is 0 Å². The lowest BCUT2D eigenvalue weighted by Gasteiger charge is -2.22. The van der Waals surface area contributed by atoms with E-state index in [1.807, 2.05) is 48.7 Å². The zero-order valence-corrected chi connectivity index (χ0v) is 15.6. The van der Waals surface area contributed by atoms with E-state index in [0.29, 0.717) is 22.1 Å². The monoisotopic (exact) mass is 381 g/mol. The van der Waals surface area contributed by atoms with E-state index < -0.39 is 0 Å². The average molecular weight is 381 g/mol. The Labute approximate surface area is 159 Å². The minimum Gasteiger partial charge on any atom is -0.324 e. The van der Waals surface area contributed by atoms with Crippen LogP contribution in [-0.4, -0.2) is 22.6 Å². The van der Waals surface area contributed by atoms with Gasteiger partial charge in [-0.1, -0.05) is 18.2 Å². The predicted octanol–water partition coefficient (Wildman–Crippen LogP) is 4.47. The van der Waals surface area contributed by atoms with Gasteiger partial charge in [0.2, 0.25) is 5.91 Å². The summed E-state index contributed by atoms with van der Waals surface area (Å²) in [5.41, 5.74) is 2.81. The smallest absolute Gasteiger partial charge is 0.264 e. The highest BCUT2D eigenvalue weighted by atomic mass is 32.2. The number of nitrogens with one attached hydrogen (secondary N) is 1. The first-order valence-corrected chi connectivity index (χ1v) is 9.87. The molecule has 1 N–H and O–H groups in total. The molecule has 0 radical (unpaired) electrons. The number of thioether (sulfide) groups is 1. The number of fused-ring (bicyclic) bond motifs is 1. The normalized spacial score (nSPS) is 13.0. The first-order chi connectivity index (χ1) is 12.6. The van der Waals surface area contributed by atoms with Crippen LogP contribution in [0.3, 0.4) is 0 Å². The third-order valence-electron chi connectivity index (χ3n) is 3.88. The second-order valence-corrected chi connectivity index (χ2v) is 7.65. The van der Waals surface area contributed by atoms with E-state index in [2.05, 4.69) is 10.3 Å². The van der Waals surface area contributed by atoms with Crippen LogP contribution >= 0.6 is 23.1 Å². The van der Waals surface area contributed by atoms with Gasteiger partial charge in [-0.3, -0.25) is 14.5 Å². The van der Waals surface area contributed by atoms with E-state index in [4.69, 9.17) is 0 Å². The van der Waals surface area contributed by atoms with Gasteiger partial charge in [-0.2, -0.15) is 0 Å². The second kappa shape index (κ2) is 6.93. The Balaban J connectivity index is 1.76. The number of aromatic nitrogens is 1. The summed E-state index contributed by atoms with van der Waals surface area (Å²) in [6.45, 7) is 1.90. The summed E-state index contributed by atoms with van der Waals surface area (Å²) in [5, 5.41) is 5.37. The predicted molar refractivity (Wildman–Crippen MR) is 106 cm³/mol. The molecule has 2 aromatic carbocycles. The van der Waals surface area contributed by atoms with Crippen molar-refractivity contribution in [1.82, 2.24) is 4.98 Å². The maximum absolute atomic E-state index is 13.3. The molecular formula is C19H15N3O2S2. The molecule has 26 heavy (non-hydrogen) atoms. The molecule has 130 valence electrons. The number of hydrogen-bond donors (Lipinski definition) is 1. The molecule has 1 aromatic heterocycles. The average Bonchev–Trinajstić information content (AvgIpc) is 3.08. The van der Waals surface area contributed by atoms with Gasteiger partial charge < -0.3 is 5.32 Å². The quantitative estimate of drug-likeness (QED) is 0.727. The molecule has 0 bridgehead atoms. The topological polar surface area (TPSA) is 62.3 Å². The number of carbonyl (C=O) groups excluding carboxylic acids is 2. The number of rotatable bonds is 3. The maximum atomic E-state index is 13.3. The van der Waals surface area contributed by atoms with E-state index in [-0.39, 0.29) is 11.8 Å². The van der Waals surface area contributed by atoms with Crippen molar-refractivity contribution >= 4 is 51.4 Å². The van der Waals surface area contributed by atoms with E-state index in [1.165, 1.54) is 23.1 Å². The highest BCUT2D eigenvalue weighted by molar-refractivity contribution is 8.00. The van der Waals surface area contributed by atoms with Crippen LogP contribution < -0.4 is 10.2 Å². The number of anilines is 3. The molecule has 0 saturated heterocycles. The van der Waals surface area contributed by atoms with Gasteiger partial charge in [0.05, 0.1) is 22.8 Å². The van der Waals surface area contributed by atoms with Crippen LogP contribution in [0.15, 0.2) is 58.8 Å². The van der Waals surface area contributed by atoms with Crippen LogP contribution in [0, 0.1) is 6.92 Å². The molecule has 0 atom stereocenters. The van der Waals surface area contributed by atoms with Crippen LogP contribution in [-0.2, 0) is 4.79 Å². The number of hydrogen-bond acceptors (Lipinski definition) is 5. The maximum Gasteiger partial charge on any atom is 0.264 e. The molecule has 2 amide bonds. The number of carbonyl (C=O) groups is 2. The Morgan fingerprint density at radius 3 is 2.73 bits per heavy atom. The molecule has 0 aliphatic carbocycles.